The maximum absolute atomic E-state index is 12.1. The Balaban J connectivity index is 1.55. The van der Waals surface area contributed by atoms with Gasteiger partial charge in [0.05, 0.1) is 5.56 Å². The largest absolute Gasteiger partial charge is 0.490 e. The molecule has 0 saturated carbocycles. The van der Waals surface area contributed by atoms with Gasteiger partial charge in [-0.25, -0.2) is 4.79 Å². The number of para-hydroxylation sites is 1. The highest BCUT2D eigenvalue weighted by Crippen LogP contribution is 2.26. The molecular formula is C17H14O3S. The van der Waals surface area contributed by atoms with E-state index in [9.17, 15) is 4.79 Å². The van der Waals surface area contributed by atoms with Gasteiger partial charge in [-0.05, 0) is 18.2 Å². The monoisotopic (exact) mass is 298 g/mol. The van der Waals surface area contributed by atoms with Gasteiger partial charge in [0.15, 0.2) is 0 Å². The van der Waals surface area contributed by atoms with Gasteiger partial charge in [0.1, 0.15) is 19.0 Å². The number of fused-ring (bicyclic) bond motifs is 1. The highest BCUT2D eigenvalue weighted by Gasteiger charge is 2.12. The number of benzene rings is 2. The molecule has 0 bridgehead atoms. The smallest absolute Gasteiger partial charge is 0.339 e. The summed E-state index contributed by atoms with van der Waals surface area (Å²) in [4.78, 5) is 12.1. The Kier molecular flexibility index (Phi) is 4.17. The molecule has 0 fully saturated rings. The van der Waals surface area contributed by atoms with Gasteiger partial charge in [-0.3, -0.25) is 0 Å². The molecule has 0 aliphatic carbocycles. The number of ether oxygens (including phenoxy) is 2. The van der Waals surface area contributed by atoms with Crippen LogP contribution < -0.4 is 4.74 Å². The molecule has 4 heteroatoms. The van der Waals surface area contributed by atoms with Gasteiger partial charge >= 0.3 is 5.97 Å². The summed E-state index contributed by atoms with van der Waals surface area (Å²) in [6, 6.07) is 17.3. The molecule has 1 heterocycles. The van der Waals surface area contributed by atoms with E-state index < -0.39 is 0 Å². The van der Waals surface area contributed by atoms with Crippen LogP contribution in [0.1, 0.15) is 10.4 Å². The molecule has 3 aromatic rings. The number of carbonyl (C=O) groups is 1. The van der Waals surface area contributed by atoms with Crippen LogP contribution in [0.15, 0.2) is 60.0 Å². The first-order valence-electron chi connectivity index (χ1n) is 6.66. The van der Waals surface area contributed by atoms with Crippen molar-refractivity contribution in [2.45, 2.75) is 0 Å². The molecule has 0 radical (unpaired) electrons. The number of hydrogen-bond acceptors (Lipinski definition) is 4. The average molecular weight is 298 g/mol. The Morgan fingerprint density at radius 1 is 0.952 bits per heavy atom. The molecule has 0 spiro atoms. The maximum Gasteiger partial charge on any atom is 0.339 e. The topological polar surface area (TPSA) is 35.5 Å². The molecule has 3 nitrogen and oxygen atoms in total. The molecule has 21 heavy (non-hydrogen) atoms. The lowest BCUT2D eigenvalue weighted by molar-refractivity contribution is 0.0453. The fourth-order valence-corrected chi connectivity index (χ4v) is 2.95. The van der Waals surface area contributed by atoms with Crippen molar-refractivity contribution < 1.29 is 14.3 Å². The van der Waals surface area contributed by atoms with Gasteiger partial charge in [-0.2, -0.15) is 0 Å². The van der Waals surface area contributed by atoms with Crippen molar-refractivity contribution in [1.29, 1.82) is 0 Å². The zero-order chi connectivity index (χ0) is 14.5. The van der Waals surface area contributed by atoms with E-state index in [2.05, 4.69) is 0 Å². The first kappa shape index (κ1) is 13.6. The van der Waals surface area contributed by atoms with Crippen LogP contribution >= 0.6 is 11.3 Å². The second kappa shape index (κ2) is 6.41. The second-order valence-electron chi connectivity index (χ2n) is 4.44. The van der Waals surface area contributed by atoms with Gasteiger partial charge in [-0.15, -0.1) is 11.3 Å². The molecule has 0 aliphatic heterocycles. The van der Waals surface area contributed by atoms with E-state index in [1.165, 1.54) is 0 Å². The van der Waals surface area contributed by atoms with Crippen LogP contribution in [0, 0.1) is 0 Å². The number of thiophene rings is 1. The number of carbonyl (C=O) groups excluding carboxylic acids is 1. The molecule has 0 N–H and O–H groups in total. The summed E-state index contributed by atoms with van der Waals surface area (Å²) in [7, 11) is 0. The average Bonchev–Trinajstić information content (AvgIpc) is 2.96. The minimum absolute atomic E-state index is 0.234. The summed E-state index contributed by atoms with van der Waals surface area (Å²) in [6.07, 6.45) is 0. The molecule has 0 aliphatic rings. The molecule has 0 saturated heterocycles. The third-order valence-corrected chi connectivity index (χ3v) is 3.99. The predicted molar refractivity (Wildman–Crippen MR) is 84.0 cm³/mol. The number of esters is 1. The van der Waals surface area contributed by atoms with Crippen LogP contribution in [0.4, 0.5) is 0 Å². The molecule has 0 amide bonds. The van der Waals surface area contributed by atoms with Crippen molar-refractivity contribution in [1.82, 2.24) is 0 Å². The van der Waals surface area contributed by atoms with Crippen LogP contribution in [0.3, 0.4) is 0 Å². The van der Waals surface area contributed by atoms with Gasteiger partial charge < -0.3 is 9.47 Å². The third-order valence-electron chi connectivity index (χ3n) is 3.03. The van der Waals surface area contributed by atoms with Gasteiger partial charge in [0.2, 0.25) is 0 Å². The normalized spacial score (nSPS) is 10.5. The van der Waals surface area contributed by atoms with E-state index in [1.807, 2.05) is 60.0 Å². The molecule has 3 rings (SSSR count). The summed E-state index contributed by atoms with van der Waals surface area (Å²) in [5.74, 6) is 0.471. The van der Waals surface area contributed by atoms with Crippen LogP contribution in [0.2, 0.25) is 0 Å². The summed E-state index contributed by atoms with van der Waals surface area (Å²) >= 11 is 1.55. The molecule has 1 aromatic heterocycles. The van der Waals surface area contributed by atoms with Gasteiger partial charge in [0.25, 0.3) is 0 Å². The fourth-order valence-electron chi connectivity index (χ4n) is 2.02. The highest BCUT2D eigenvalue weighted by atomic mass is 32.1. The lowest BCUT2D eigenvalue weighted by atomic mass is 10.2. The summed E-state index contributed by atoms with van der Waals surface area (Å²) in [5.41, 5.74) is 0.621. The van der Waals surface area contributed by atoms with Crippen molar-refractivity contribution >= 4 is 27.4 Å². The first-order valence-corrected chi connectivity index (χ1v) is 7.54. The second-order valence-corrected chi connectivity index (χ2v) is 5.35. The zero-order valence-corrected chi connectivity index (χ0v) is 12.1. The van der Waals surface area contributed by atoms with Gasteiger partial charge in [0, 0.05) is 15.5 Å². The summed E-state index contributed by atoms with van der Waals surface area (Å²) < 4.78 is 11.8. The van der Waals surface area contributed by atoms with Crippen LogP contribution in [0.5, 0.6) is 5.75 Å². The Labute approximate surface area is 126 Å². The third kappa shape index (κ3) is 3.23. The van der Waals surface area contributed by atoms with E-state index in [0.717, 1.165) is 15.8 Å². The van der Waals surface area contributed by atoms with Crippen molar-refractivity contribution in [2.75, 3.05) is 13.2 Å². The lowest BCUT2D eigenvalue weighted by Gasteiger charge is -2.06. The van der Waals surface area contributed by atoms with Crippen LogP contribution in [-0.2, 0) is 4.74 Å². The van der Waals surface area contributed by atoms with Crippen molar-refractivity contribution in [3.05, 3.63) is 65.5 Å². The van der Waals surface area contributed by atoms with Crippen molar-refractivity contribution in [3.8, 4) is 5.75 Å². The van der Waals surface area contributed by atoms with E-state index >= 15 is 0 Å². The van der Waals surface area contributed by atoms with E-state index in [4.69, 9.17) is 9.47 Å². The predicted octanol–water partition coefficient (Wildman–Crippen LogP) is 4.14. The molecular weight excluding hydrogens is 284 g/mol. The Morgan fingerprint density at radius 2 is 1.71 bits per heavy atom. The molecule has 0 unspecified atom stereocenters. The summed E-state index contributed by atoms with van der Waals surface area (Å²) in [5, 5.41) is 2.78. The number of hydrogen-bond donors (Lipinski definition) is 0. The fraction of sp³-hybridized carbons (Fsp3) is 0.118. The van der Waals surface area contributed by atoms with Crippen molar-refractivity contribution in [3.63, 3.8) is 0 Å². The first-order chi connectivity index (χ1) is 10.3. The van der Waals surface area contributed by atoms with Crippen molar-refractivity contribution in [2.24, 2.45) is 0 Å². The van der Waals surface area contributed by atoms with E-state index in [-0.39, 0.29) is 12.6 Å². The quantitative estimate of drug-likeness (QED) is 0.524. The zero-order valence-electron chi connectivity index (χ0n) is 11.3. The highest BCUT2D eigenvalue weighted by molar-refractivity contribution is 7.17. The minimum Gasteiger partial charge on any atom is -0.490 e. The molecule has 106 valence electrons. The van der Waals surface area contributed by atoms with Crippen LogP contribution in [0.25, 0.3) is 10.1 Å². The SMILES string of the molecule is O=C(OCCOc1ccccc1)c1csc2ccccc12. The number of rotatable bonds is 5. The minimum atomic E-state index is -0.302. The Hall–Kier alpha value is -2.33. The van der Waals surface area contributed by atoms with Crippen LogP contribution in [-0.4, -0.2) is 19.2 Å². The van der Waals surface area contributed by atoms with E-state index in [1.54, 1.807) is 11.3 Å². The Bertz CT molecular complexity index is 734. The molecule has 0 atom stereocenters. The maximum atomic E-state index is 12.1. The standard InChI is InChI=1S/C17H14O3S/c18-17(15-12-21-16-9-5-4-8-14(15)16)20-11-10-19-13-6-2-1-3-7-13/h1-9,12H,10-11H2. The van der Waals surface area contributed by atoms with E-state index in [0.29, 0.717) is 12.2 Å². The Morgan fingerprint density at radius 3 is 2.57 bits per heavy atom. The summed E-state index contributed by atoms with van der Waals surface area (Å²) in [6.45, 7) is 0.579. The lowest BCUT2D eigenvalue weighted by Crippen LogP contribution is -2.12. The van der Waals surface area contributed by atoms with Gasteiger partial charge in [-0.1, -0.05) is 36.4 Å². The molecule has 2 aromatic carbocycles.